The largest absolute Gasteiger partial charge is 3.00 e. The van der Waals surface area contributed by atoms with Crippen LogP contribution in [0.1, 0.15) is 12.8 Å². The Morgan fingerprint density at radius 3 is 1.33 bits per heavy atom. The van der Waals surface area contributed by atoms with Gasteiger partial charge in [0.05, 0.1) is 0 Å². The minimum absolute atomic E-state index is 0. The summed E-state index contributed by atoms with van der Waals surface area (Å²) in [5, 5.41) is 0. The van der Waals surface area contributed by atoms with Crippen molar-refractivity contribution in [1.82, 2.24) is 0 Å². The van der Waals surface area contributed by atoms with E-state index in [1.54, 1.807) is 0 Å². The summed E-state index contributed by atoms with van der Waals surface area (Å²) in [6, 6.07) is 12.5. The van der Waals surface area contributed by atoms with Crippen molar-refractivity contribution in [2.75, 3.05) is 0 Å². The molecule has 2 heteroatoms. The van der Waals surface area contributed by atoms with Crippen LogP contribution in [0.3, 0.4) is 0 Å². The van der Waals surface area contributed by atoms with E-state index >= 15 is 0 Å². The van der Waals surface area contributed by atoms with Gasteiger partial charge in [0, 0.05) is 0 Å². The minimum Gasteiger partial charge on any atom is -0.273 e. The average Bonchev–Trinajstić information content (AvgIpc) is 3.10. The monoisotopic (exact) mass is 291 g/mol. The Bertz CT molecular complexity index is 295. The van der Waals surface area contributed by atoms with Crippen molar-refractivity contribution in [3.63, 3.8) is 0 Å². The summed E-state index contributed by atoms with van der Waals surface area (Å²) in [6.45, 7) is 0. The number of allylic oxidation sites excluding steroid dienone is 8. The Morgan fingerprint density at radius 1 is 0.722 bits per heavy atom. The van der Waals surface area contributed by atoms with Crippen LogP contribution >= 0.6 is 12.4 Å². The van der Waals surface area contributed by atoms with Gasteiger partial charge in [0.1, 0.15) is 0 Å². The maximum atomic E-state index is 2.99. The van der Waals surface area contributed by atoms with Crippen LogP contribution in [0.4, 0.5) is 0 Å². The Morgan fingerprint density at radius 2 is 1.22 bits per heavy atom. The van der Waals surface area contributed by atoms with Crippen molar-refractivity contribution in [3.8, 4) is 0 Å². The van der Waals surface area contributed by atoms with Crippen LogP contribution in [-0.4, -0.2) is 0 Å². The fraction of sp³-hybridized carbons (Fsp3) is 0.125. The predicted molar refractivity (Wildman–Crippen MR) is 75.7 cm³/mol. The third-order valence-corrected chi connectivity index (χ3v) is 1.78. The Labute approximate surface area is 131 Å². The van der Waals surface area contributed by atoms with Gasteiger partial charge in [-0.15, -0.1) is 25.2 Å². The van der Waals surface area contributed by atoms with Crippen LogP contribution in [0.2, 0.25) is 0 Å². The van der Waals surface area contributed by atoms with Gasteiger partial charge in [-0.05, 0) is 0 Å². The Hall–Kier alpha value is -0.816. The second kappa shape index (κ2) is 16.2. The number of hydrogen-bond donors (Lipinski definition) is 0. The molecule has 0 aromatic heterocycles. The van der Waals surface area contributed by atoms with Gasteiger partial charge < -0.3 is 0 Å². The molecule has 0 atom stereocenters. The average molecular weight is 292 g/mol. The van der Waals surface area contributed by atoms with Gasteiger partial charge in [-0.1, -0.05) is 0 Å². The molecule has 0 amide bonds. The van der Waals surface area contributed by atoms with Crippen molar-refractivity contribution in [3.05, 3.63) is 85.0 Å². The number of rotatable bonds is 0. The number of halogens is 1. The summed E-state index contributed by atoms with van der Waals surface area (Å²) in [7, 11) is 0. The van der Waals surface area contributed by atoms with Crippen molar-refractivity contribution in [1.29, 1.82) is 0 Å². The van der Waals surface area contributed by atoms with E-state index in [4.69, 9.17) is 0 Å². The summed E-state index contributed by atoms with van der Waals surface area (Å²) in [4.78, 5) is 0. The topological polar surface area (TPSA) is 0 Å². The van der Waals surface area contributed by atoms with E-state index in [0.29, 0.717) is 0 Å². The first-order valence-electron chi connectivity index (χ1n) is 5.34. The molecule has 3 rings (SSSR count). The minimum atomic E-state index is 0. The molecule has 0 spiro atoms. The van der Waals surface area contributed by atoms with E-state index in [1.165, 1.54) is 0 Å². The summed E-state index contributed by atoms with van der Waals surface area (Å²) in [6.07, 6.45) is 20.0. The molecular weight excluding hydrogens is 275 g/mol. The van der Waals surface area contributed by atoms with E-state index in [9.17, 15) is 0 Å². The first-order valence-corrected chi connectivity index (χ1v) is 5.34. The van der Waals surface area contributed by atoms with Crippen molar-refractivity contribution in [2.24, 2.45) is 0 Å². The molecule has 91 valence electrons. The molecule has 0 saturated carbocycles. The first kappa shape index (κ1) is 19.5. The Balaban J connectivity index is 0. The molecule has 1 radical (unpaired) electrons. The molecule has 0 bridgehead atoms. The maximum Gasteiger partial charge on any atom is 3.00 e. The van der Waals surface area contributed by atoms with E-state index in [-0.39, 0.29) is 34.1 Å². The van der Waals surface area contributed by atoms with E-state index in [0.717, 1.165) is 12.8 Å². The third kappa shape index (κ3) is 13.3. The van der Waals surface area contributed by atoms with Crippen LogP contribution in [0.25, 0.3) is 0 Å². The molecular formula is C16H16ClTi. The van der Waals surface area contributed by atoms with Gasteiger partial charge in [0.25, 0.3) is 0 Å². The normalized spacial score (nSPS) is 12.4. The standard InChI is InChI=1S/C6H5.2C5H5.ClH.Ti/c1-2-4-6-5-3-1;2*1-2-4-5-3-1;;/h1-5H;2*1-3H,4H2;1H;/q3*-1;;+3. The van der Waals surface area contributed by atoms with E-state index in [2.05, 4.69) is 30.4 Å². The van der Waals surface area contributed by atoms with Crippen LogP contribution in [0.15, 0.2) is 66.8 Å². The molecule has 0 fully saturated rings. The second-order valence-corrected chi connectivity index (χ2v) is 3.08. The zero-order valence-electron chi connectivity index (χ0n) is 10.2. The van der Waals surface area contributed by atoms with Crippen LogP contribution in [-0.2, 0) is 21.7 Å². The second-order valence-electron chi connectivity index (χ2n) is 3.08. The van der Waals surface area contributed by atoms with Crippen molar-refractivity contribution in [2.45, 2.75) is 12.8 Å². The predicted octanol–water partition coefficient (Wildman–Crippen LogP) is 4.52. The van der Waals surface area contributed by atoms with Crippen LogP contribution in [0.5, 0.6) is 0 Å². The molecule has 1 aromatic rings. The third-order valence-electron chi connectivity index (χ3n) is 1.78. The van der Waals surface area contributed by atoms with Gasteiger partial charge in [0.2, 0.25) is 0 Å². The molecule has 0 saturated heterocycles. The van der Waals surface area contributed by atoms with Gasteiger partial charge in [-0.3, -0.25) is 12.2 Å². The molecule has 1 aromatic carbocycles. The molecule has 2 aliphatic rings. The molecule has 0 unspecified atom stereocenters. The smallest absolute Gasteiger partial charge is 0.273 e. The van der Waals surface area contributed by atoms with Crippen LogP contribution < -0.4 is 0 Å². The van der Waals surface area contributed by atoms with Crippen molar-refractivity contribution < 1.29 is 21.7 Å². The van der Waals surface area contributed by atoms with Gasteiger partial charge in [0.15, 0.2) is 0 Å². The van der Waals surface area contributed by atoms with Gasteiger partial charge >= 0.3 is 21.7 Å². The van der Waals surface area contributed by atoms with Gasteiger partial charge in [-0.2, -0.15) is 48.6 Å². The first-order chi connectivity index (χ1) is 8.00. The quantitative estimate of drug-likeness (QED) is 0.487. The molecule has 2 aliphatic carbocycles. The zero-order chi connectivity index (χ0) is 11.3. The van der Waals surface area contributed by atoms with E-state index in [1.807, 2.05) is 54.6 Å². The molecule has 0 aliphatic heterocycles. The number of hydrogen-bond acceptors (Lipinski definition) is 0. The fourth-order valence-electron chi connectivity index (χ4n) is 1.02. The summed E-state index contributed by atoms with van der Waals surface area (Å²) < 4.78 is 0. The molecule has 0 heterocycles. The summed E-state index contributed by atoms with van der Waals surface area (Å²) in [5.41, 5.74) is 0. The summed E-state index contributed by atoms with van der Waals surface area (Å²) in [5.74, 6) is 0. The molecule has 18 heavy (non-hydrogen) atoms. The summed E-state index contributed by atoms with van der Waals surface area (Å²) >= 11 is 0. The van der Waals surface area contributed by atoms with Crippen LogP contribution in [0, 0.1) is 18.2 Å². The SMILES string of the molecule is Cl.[C-]1=CC=CC1.[C-]1=CC=CC1.[Ti+3].[c-]1ccccc1. The molecule has 0 N–H and O–H groups in total. The fourth-order valence-corrected chi connectivity index (χ4v) is 1.02. The zero-order valence-corrected chi connectivity index (χ0v) is 12.6. The van der Waals surface area contributed by atoms with E-state index < -0.39 is 0 Å². The van der Waals surface area contributed by atoms with Gasteiger partial charge in [-0.25, -0.2) is 24.3 Å². The maximum absolute atomic E-state index is 2.99. The number of benzene rings is 1. The Kier molecular flexibility index (Phi) is 17.6. The molecule has 0 nitrogen and oxygen atoms in total. The van der Waals surface area contributed by atoms with Crippen molar-refractivity contribution >= 4 is 12.4 Å².